The van der Waals surface area contributed by atoms with Crippen LogP contribution in [0.1, 0.15) is 38.3 Å². The van der Waals surface area contributed by atoms with Crippen molar-refractivity contribution >= 4 is 11.6 Å². The molecule has 0 aromatic heterocycles. The van der Waals surface area contributed by atoms with Crippen LogP contribution in [-0.2, 0) is 10.2 Å². The Morgan fingerprint density at radius 3 is 2.17 bits per heavy atom. The number of ether oxygens (including phenoxy) is 1. The predicted molar refractivity (Wildman–Crippen MR) is 95.1 cm³/mol. The highest BCUT2D eigenvalue weighted by Crippen LogP contribution is 2.23. The first kappa shape index (κ1) is 17.1. The third kappa shape index (κ3) is 5.44. The number of hydrogen-bond acceptors (Lipinski definition) is 2. The number of nitrogens with one attached hydrogen (secondary N) is 1. The molecule has 1 N–H and O–H groups in total. The van der Waals surface area contributed by atoms with Crippen LogP contribution in [0.2, 0.25) is 0 Å². The summed E-state index contributed by atoms with van der Waals surface area (Å²) < 4.78 is 5.57. The molecule has 2 rings (SSSR count). The Morgan fingerprint density at radius 1 is 1.00 bits per heavy atom. The molecule has 122 valence electrons. The molecular formula is C20H25NO2. The van der Waals surface area contributed by atoms with E-state index in [4.69, 9.17) is 4.74 Å². The van der Waals surface area contributed by atoms with Crippen LogP contribution in [-0.4, -0.2) is 12.5 Å². The summed E-state index contributed by atoms with van der Waals surface area (Å²) in [5.74, 6) is 0.749. The fraction of sp³-hybridized carbons (Fsp3) is 0.350. The average molecular weight is 311 g/mol. The van der Waals surface area contributed by atoms with Crippen molar-refractivity contribution in [2.45, 2.75) is 39.5 Å². The van der Waals surface area contributed by atoms with Crippen LogP contribution in [0.15, 0.2) is 48.5 Å². The standard InChI is InChI=1S/C20H25NO2/c1-15-5-11-18(12-6-15)23-14-13-19(22)21-17-9-7-16(8-10-17)20(2,3)4/h5-12H,13-14H2,1-4H3,(H,21,22). The van der Waals surface area contributed by atoms with E-state index in [0.717, 1.165) is 11.4 Å². The monoisotopic (exact) mass is 311 g/mol. The van der Waals surface area contributed by atoms with E-state index in [1.807, 2.05) is 43.3 Å². The summed E-state index contributed by atoms with van der Waals surface area (Å²) in [5.41, 5.74) is 3.37. The largest absolute Gasteiger partial charge is 0.493 e. The zero-order valence-corrected chi connectivity index (χ0v) is 14.3. The molecule has 0 heterocycles. The maximum atomic E-state index is 11.9. The van der Waals surface area contributed by atoms with Crippen molar-refractivity contribution in [3.05, 3.63) is 59.7 Å². The molecule has 23 heavy (non-hydrogen) atoms. The number of amides is 1. The van der Waals surface area contributed by atoms with Gasteiger partial charge in [-0.15, -0.1) is 0 Å². The predicted octanol–water partition coefficient (Wildman–Crippen LogP) is 4.70. The molecule has 0 radical (unpaired) electrons. The van der Waals surface area contributed by atoms with Gasteiger partial charge in [0.15, 0.2) is 0 Å². The normalized spacial score (nSPS) is 11.1. The van der Waals surface area contributed by atoms with E-state index in [-0.39, 0.29) is 11.3 Å². The Labute approximate surface area is 138 Å². The minimum atomic E-state index is -0.0411. The summed E-state index contributed by atoms with van der Waals surface area (Å²) in [4.78, 5) is 11.9. The van der Waals surface area contributed by atoms with Gasteiger partial charge in [-0.3, -0.25) is 4.79 Å². The van der Waals surface area contributed by atoms with Crippen LogP contribution in [0.25, 0.3) is 0 Å². The van der Waals surface area contributed by atoms with Crippen molar-refractivity contribution in [1.29, 1.82) is 0 Å². The molecule has 0 fully saturated rings. The second kappa shape index (κ2) is 7.32. The third-order valence-electron chi connectivity index (χ3n) is 3.65. The van der Waals surface area contributed by atoms with E-state index < -0.39 is 0 Å². The fourth-order valence-corrected chi connectivity index (χ4v) is 2.17. The number of rotatable bonds is 5. The Hall–Kier alpha value is -2.29. The maximum Gasteiger partial charge on any atom is 0.227 e. The zero-order chi connectivity index (χ0) is 16.9. The topological polar surface area (TPSA) is 38.3 Å². The Bertz CT molecular complexity index is 637. The van der Waals surface area contributed by atoms with E-state index >= 15 is 0 Å². The molecule has 0 aliphatic rings. The van der Waals surface area contributed by atoms with E-state index in [1.165, 1.54) is 11.1 Å². The van der Waals surface area contributed by atoms with Crippen LogP contribution in [0.3, 0.4) is 0 Å². The second-order valence-electron chi connectivity index (χ2n) is 6.79. The zero-order valence-electron chi connectivity index (χ0n) is 14.3. The highest BCUT2D eigenvalue weighted by molar-refractivity contribution is 5.90. The Morgan fingerprint density at radius 2 is 1.61 bits per heavy atom. The van der Waals surface area contributed by atoms with Crippen molar-refractivity contribution in [1.82, 2.24) is 0 Å². The average Bonchev–Trinajstić information content (AvgIpc) is 2.49. The molecule has 0 bridgehead atoms. The summed E-state index contributed by atoms with van der Waals surface area (Å²) in [6.45, 7) is 8.91. The number of carbonyl (C=O) groups is 1. The number of hydrogen-bond donors (Lipinski definition) is 1. The summed E-state index contributed by atoms with van der Waals surface area (Å²) >= 11 is 0. The van der Waals surface area contributed by atoms with Gasteiger partial charge in [0.05, 0.1) is 13.0 Å². The lowest BCUT2D eigenvalue weighted by Gasteiger charge is -2.19. The molecule has 3 nitrogen and oxygen atoms in total. The summed E-state index contributed by atoms with van der Waals surface area (Å²) in [6.07, 6.45) is 0.328. The fourth-order valence-electron chi connectivity index (χ4n) is 2.17. The first-order valence-corrected chi connectivity index (χ1v) is 7.94. The van der Waals surface area contributed by atoms with E-state index in [9.17, 15) is 4.79 Å². The van der Waals surface area contributed by atoms with Gasteiger partial charge in [0.2, 0.25) is 5.91 Å². The number of anilines is 1. The molecule has 0 saturated heterocycles. The molecule has 0 aliphatic heterocycles. The van der Waals surface area contributed by atoms with Gasteiger partial charge in [0.25, 0.3) is 0 Å². The van der Waals surface area contributed by atoms with Gasteiger partial charge in [-0.1, -0.05) is 50.6 Å². The van der Waals surface area contributed by atoms with Gasteiger partial charge in [-0.25, -0.2) is 0 Å². The first-order chi connectivity index (χ1) is 10.8. The maximum absolute atomic E-state index is 11.9. The minimum absolute atomic E-state index is 0.0411. The smallest absolute Gasteiger partial charge is 0.227 e. The molecule has 0 unspecified atom stereocenters. The highest BCUT2D eigenvalue weighted by Gasteiger charge is 2.13. The summed E-state index contributed by atoms with van der Waals surface area (Å²) in [7, 11) is 0. The lowest BCUT2D eigenvalue weighted by Crippen LogP contribution is -2.16. The summed E-state index contributed by atoms with van der Waals surface area (Å²) in [5, 5.41) is 2.90. The molecule has 1 amide bonds. The third-order valence-corrected chi connectivity index (χ3v) is 3.65. The molecule has 0 saturated carbocycles. The Balaban J connectivity index is 1.79. The van der Waals surface area contributed by atoms with Gasteiger partial charge in [-0.05, 0) is 42.2 Å². The number of carbonyl (C=O) groups excluding carboxylic acids is 1. The molecule has 2 aromatic rings. The molecule has 3 heteroatoms. The van der Waals surface area contributed by atoms with Gasteiger partial charge in [0.1, 0.15) is 5.75 Å². The van der Waals surface area contributed by atoms with Gasteiger partial charge < -0.3 is 10.1 Å². The summed E-state index contributed by atoms with van der Waals surface area (Å²) in [6, 6.07) is 15.8. The lowest BCUT2D eigenvalue weighted by molar-refractivity contribution is -0.116. The van der Waals surface area contributed by atoms with E-state index in [2.05, 4.69) is 38.2 Å². The highest BCUT2D eigenvalue weighted by atomic mass is 16.5. The van der Waals surface area contributed by atoms with E-state index in [0.29, 0.717) is 13.0 Å². The molecular weight excluding hydrogens is 286 g/mol. The van der Waals surface area contributed by atoms with E-state index in [1.54, 1.807) is 0 Å². The van der Waals surface area contributed by atoms with Crippen molar-refractivity contribution in [2.24, 2.45) is 0 Å². The van der Waals surface area contributed by atoms with Crippen LogP contribution in [0, 0.1) is 6.92 Å². The first-order valence-electron chi connectivity index (χ1n) is 7.94. The quantitative estimate of drug-likeness (QED) is 0.869. The van der Waals surface area contributed by atoms with Gasteiger partial charge >= 0.3 is 0 Å². The number of benzene rings is 2. The lowest BCUT2D eigenvalue weighted by atomic mass is 9.87. The second-order valence-corrected chi connectivity index (χ2v) is 6.79. The van der Waals surface area contributed by atoms with Crippen LogP contribution >= 0.6 is 0 Å². The SMILES string of the molecule is Cc1ccc(OCCC(=O)Nc2ccc(C(C)(C)C)cc2)cc1. The van der Waals surface area contributed by atoms with Crippen molar-refractivity contribution in [3.63, 3.8) is 0 Å². The molecule has 0 spiro atoms. The molecule has 0 aliphatic carbocycles. The van der Waals surface area contributed by atoms with Gasteiger partial charge in [0, 0.05) is 5.69 Å². The van der Waals surface area contributed by atoms with Crippen molar-refractivity contribution in [3.8, 4) is 5.75 Å². The minimum Gasteiger partial charge on any atom is -0.493 e. The van der Waals surface area contributed by atoms with Crippen molar-refractivity contribution in [2.75, 3.05) is 11.9 Å². The van der Waals surface area contributed by atoms with Gasteiger partial charge in [-0.2, -0.15) is 0 Å². The molecule has 0 atom stereocenters. The number of aryl methyl sites for hydroxylation is 1. The van der Waals surface area contributed by atoms with Crippen LogP contribution in [0.4, 0.5) is 5.69 Å². The Kier molecular flexibility index (Phi) is 5.43. The van der Waals surface area contributed by atoms with Crippen LogP contribution < -0.4 is 10.1 Å². The molecule has 2 aromatic carbocycles. The van der Waals surface area contributed by atoms with Crippen molar-refractivity contribution < 1.29 is 9.53 Å². The van der Waals surface area contributed by atoms with Crippen LogP contribution in [0.5, 0.6) is 5.75 Å².